The minimum absolute atomic E-state index is 0. The van der Waals surface area contributed by atoms with E-state index >= 15 is 0 Å². The molecule has 0 amide bonds. The second-order valence-corrected chi connectivity index (χ2v) is 9.15. The van der Waals surface area contributed by atoms with Crippen LogP contribution in [0.1, 0.15) is 103 Å². The van der Waals surface area contributed by atoms with Crippen molar-refractivity contribution in [3.05, 3.63) is 12.2 Å². The van der Waals surface area contributed by atoms with Crippen LogP contribution < -0.4 is 17.7 Å². The molecule has 0 aromatic heterocycles. The number of allylic oxidation sites excluding steroid dienone is 2. The molecule has 0 heterocycles. The molecule has 0 aliphatic carbocycles. The lowest BCUT2D eigenvalue weighted by Crippen LogP contribution is -3.00. The fourth-order valence-electron chi connectivity index (χ4n) is 3.64. The van der Waals surface area contributed by atoms with E-state index in [1.54, 1.807) is 0 Å². The molecular formula is C25H53ClN2O. The van der Waals surface area contributed by atoms with Gasteiger partial charge in [-0.15, -0.1) is 0 Å². The Balaban J connectivity index is 0. The number of aliphatic hydroxyl groups is 1. The van der Waals surface area contributed by atoms with Crippen LogP contribution in [0.5, 0.6) is 0 Å². The standard InChI is InChI=1S/C25H53N2O.ClH/c1-4-5-6-7-8-9-10-11-12-13-14-15-16-17-18-19-21-26-22-20-23-27(2,3)24-25-28;/h11-12,26,28H,4-10,13-25H2,1-3H3;1H/q+1;/p-1/b12-11-;. The molecule has 0 aliphatic heterocycles. The number of quaternary nitrogens is 1. The summed E-state index contributed by atoms with van der Waals surface area (Å²) in [4.78, 5) is 0. The van der Waals surface area contributed by atoms with Gasteiger partial charge in [-0.1, -0.05) is 76.9 Å². The quantitative estimate of drug-likeness (QED) is 0.156. The highest BCUT2D eigenvalue weighted by Gasteiger charge is 2.12. The van der Waals surface area contributed by atoms with Gasteiger partial charge in [0, 0.05) is 13.0 Å². The number of hydrogen-bond donors (Lipinski definition) is 2. The van der Waals surface area contributed by atoms with Crippen molar-refractivity contribution in [3.63, 3.8) is 0 Å². The minimum Gasteiger partial charge on any atom is -1.00 e. The molecule has 176 valence electrons. The number of nitrogens with zero attached hydrogens (tertiary/aromatic N) is 1. The van der Waals surface area contributed by atoms with Crippen LogP contribution in [0.3, 0.4) is 0 Å². The number of nitrogens with one attached hydrogen (secondary N) is 1. The van der Waals surface area contributed by atoms with E-state index in [0.717, 1.165) is 30.7 Å². The van der Waals surface area contributed by atoms with E-state index in [4.69, 9.17) is 5.11 Å². The average molecular weight is 433 g/mol. The maximum Gasteiger partial charge on any atom is 0.102 e. The number of unbranched alkanes of at least 4 members (excludes halogenated alkanes) is 12. The van der Waals surface area contributed by atoms with Gasteiger partial charge in [0.1, 0.15) is 6.54 Å². The molecule has 0 saturated carbocycles. The molecule has 0 bridgehead atoms. The number of hydrogen-bond acceptors (Lipinski definition) is 2. The van der Waals surface area contributed by atoms with Crippen molar-refractivity contribution in [2.24, 2.45) is 0 Å². The second-order valence-electron chi connectivity index (χ2n) is 9.15. The Bertz CT molecular complexity index is 335. The SMILES string of the molecule is CCCCCCCC/C=C\CCCCCCCCNCCC[N+](C)(C)CCO.[Cl-]. The summed E-state index contributed by atoms with van der Waals surface area (Å²) in [5.41, 5.74) is 0. The Hall–Kier alpha value is -0.0900. The average Bonchev–Trinajstić information content (AvgIpc) is 2.66. The van der Waals surface area contributed by atoms with Crippen LogP contribution in [0.15, 0.2) is 12.2 Å². The predicted molar refractivity (Wildman–Crippen MR) is 126 cm³/mol. The first-order chi connectivity index (χ1) is 13.6. The Labute approximate surface area is 189 Å². The lowest BCUT2D eigenvalue weighted by molar-refractivity contribution is -0.890. The number of rotatable bonds is 22. The van der Waals surface area contributed by atoms with Crippen LogP contribution in [0.25, 0.3) is 0 Å². The third kappa shape index (κ3) is 25.9. The van der Waals surface area contributed by atoms with Crippen molar-refractivity contribution in [1.82, 2.24) is 5.32 Å². The van der Waals surface area contributed by atoms with Crippen molar-refractivity contribution < 1.29 is 22.0 Å². The zero-order valence-corrected chi connectivity index (χ0v) is 20.8. The first-order valence-electron chi connectivity index (χ1n) is 12.4. The molecule has 0 unspecified atom stereocenters. The highest BCUT2D eigenvalue weighted by Crippen LogP contribution is 2.09. The lowest BCUT2D eigenvalue weighted by Gasteiger charge is -2.28. The molecule has 0 saturated heterocycles. The van der Waals surface area contributed by atoms with Crippen molar-refractivity contribution >= 4 is 0 Å². The van der Waals surface area contributed by atoms with Crippen molar-refractivity contribution in [2.75, 3.05) is 46.9 Å². The zero-order chi connectivity index (χ0) is 20.8. The summed E-state index contributed by atoms with van der Waals surface area (Å²) in [5.74, 6) is 0. The largest absolute Gasteiger partial charge is 1.00 e. The Morgan fingerprint density at radius 1 is 0.655 bits per heavy atom. The summed E-state index contributed by atoms with van der Waals surface area (Å²) in [6.07, 6.45) is 25.2. The van der Waals surface area contributed by atoms with E-state index in [1.807, 2.05) is 0 Å². The molecule has 2 N–H and O–H groups in total. The van der Waals surface area contributed by atoms with E-state index in [2.05, 4.69) is 38.5 Å². The van der Waals surface area contributed by atoms with Gasteiger partial charge in [-0.05, 0) is 38.6 Å². The Morgan fingerprint density at radius 2 is 1.14 bits per heavy atom. The van der Waals surface area contributed by atoms with Crippen LogP contribution in [0, 0.1) is 0 Å². The maximum atomic E-state index is 9.03. The third-order valence-electron chi connectivity index (χ3n) is 5.69. The van der Waals surface area contributed by atoms with Crippen LogP contribution >= 0.6 is 0 Å². The molecule has 0 aromatic rings. The maximum absolute atomic E-state index is 9.03. The van der Waals surface area contributed by atoms with Crippen molar-refractivity contribution in [2.45, 2.75) is 103 Å². The van der Waals surface area contributed by atoms with Gasteiger partial charge in [-0.3, -0.25) is 0 Å². The van der Waals surface area contributed by atoms with Crippen molar-refractivity contribution in [1.29, 1.82) is 0 Å². The topological polar surface area (TPSA) is 32.3 Å². The minimum atomic E-state index is 0. The highest BCUT2D eigenvalue weighted by molar-refractivity contribution is 4.81. The van der Waals surface area contributed by atoms with Crippen molar-refractivity contribution in [3.8, 4) is 0 Å². The molecule has 0 spiro atoms. The van der Waals surface area contributed by atoms with E-state index in [1.165, 1.54) is 96.3 Å². The molecule has 0 atom stereocenters. The fraction of sp³-hybridized carbons (Fsp3) is 0.920. The second kappa shape index (κ2) is 24.2. The van der Waals surface area contributed by atoms with Gasteiger partial charge >= 0.3 is 0 Å². The lowest BCUT2D eigenvalue weighted by atomic mass is 10.1. The normalized spacial score (nSPS) is 11.9. The smallest absolute Gasteiger partial charge is 0.102 e. The molecule has 3 nitrogen and oxygen atoms in total. The molecule has 4 heteroatoms. The molecule has 0 rings (SSSR count). The first-order valence-corrected chi connectivity index (χ1v) is 12.4. The Morgan fingerprint density at radius 3 is 1.69 bits per heavy atom. The molecule has 0 fully saturated rings. The fourth-order valence-corrected chi connectivity index (χ4v) is 3.64. The van der Waals surface area contributed by atoms with Gasteiger partial charge in [0.25, 0.3) is 0 Å². The van der Waals surface area contributed by atoms with E-state index in [-0.39, 0.29) is 19.0 Å². The van der Waals surface area contributed by atoms with Crippen LogP contribution in [0.2, 0.25) is 0 Å². The number of likely N-dealkylation sites (N-methyl/N-ethyl adjacent to an activating group) is 1. The van der Waals surface area contributed by atoms with E-state index in [0.29, 0.717) is 0 Å². The number of halogens is 1. The van der Waals surface area contributed by atoms with E-state index in [9.17, 15) is 0 Å². The molecule has 0 aliphatic rings. The van der Waals surface area contributed by atoms with Gasteiger partial charge < -0.3 is 27.3 Å². The number of aliphatic hydroxyl groups excluding tert-OH is 1. The molecular weight excluding hydrogens is 380 g/mol. The predicted octanol–water partition coefficient (Wildman–Crippen LogP) is 3.08. The summed E-state index contributed by atoms with van der Waals surface area (Å²) in [6.45, 7) is 6.84. The van der Waals surface area contributed by atoms with Crippen LogP contribution in [-0.4, -0.2) is 56.5 Å². The summed E-state index contributed by atoms with van der Waals surface area (Å²) in [6, 6.07) is 0. The Kier molecular flexibility index (Phi) is 25.9. The van der Waals surface area contributed by atoms with Gasteiger partial charge in [-0.2, -0.15) is 0 Å². The highest BCUT2D eigenvalue weighted by atomic mass is 35.5. The van der Waals surface area contributed by atoms with Gasteiger partial charge in [0.15, 0.2) is 0 Å². The van der Waals surface area contributed by atoms with Gasteiger partial charge in [0.2, 0.25) is 0 Å². The molecule has 29 heavy (non-hydrogen) atoms. The molecule has 0 aromatic carbocycles. The summed E-state index contributed by atoms with van der Waals surface area (Å²) in [5, 5.41) is 12.6. The zero-order valence-electron chi connectivity index (χ0n) is 20.1. The van der Waals surface area contributed by atoms with E-state index < -0.39 is 0 Å². The monoisotopic (exact) mass is 432 g/mol. The first kappa shape index (κ1) is 31.1. The third-order valence-corrected chi connectivity index (χ3v) is 5.69. The summed E-state index contributed by atoms with van der Waals surface area (Å²) >= 11 is 0. The van der Waals surface area contributed by atoms with Crippen LogP contribution in [-0.2, 0) is 0 Å². The van der Waals surface area contributed by atoms with Gasteiger partial charge in [0.05, 0.1) is 27.2 Å². The summed E-state index contributed by atoms with van der Waals surface area (Å²) in [7, 11) is 4.39. The summed E-state index contributed by atoms with van der Waals surface area (Å²) < 4.78 is 0.923. The van der Waals surface area contributed by atoms with Gasteiger partial charge in [-0.25, -0.2) is 0 Å². The van der Waals surface area contributed by atoms with Crippen LogP contribution in [0.4, 0.5) is 0 Å². The molecule has 0 radical (unpaired) electrons.